The first-order chi connectivity index (χ1) is 18.5. The number of fused-ring (bicyclic) bond motifs is 3. The van der Waals surface area contributed by atoms with E-state index in [1.165, 1.54) is 25.3 Å². The summed E-state index contributed by atoms with van der Waals surface area (Å²) < 4.78 is 22.3. The smallest absolute Gasteiger partial charge is 0.410 e. The van der Waals surface area contributed by atoms with Crippen LogP contribution in [0.1, 0.15) is 22.6 Å². The van der Waals surface area contributed by atoms with Gasteiger partial charge in [-0.15, -0.1) is 11.4 Å². The summed E-state index contributed by atoms with van der Waals surface area (Å²) in [5.74, 6) is 0.666. The summed E-state index contributed by atoms with van der Waals surface area (Å²) in [7, 11) is 5.58. The van der Waals surface area contributed by atoms with Crippen molar-refractivity contribution in [1.29, 1.82) is 0 Å². The minimum absolute atomic E-state index is 0.0426. The molecule has 3 aromatic carbocycles. The summed E-state index contributed by atoms with van der Waals surface area (Å²) >= 11 is 1.54. The molecule has 0 bridgehead atoms. The summed E-state index contributed by atoms with van der Waals surface area (Å²) in [6, 6.07) is 19.6. The van der Waals surface area contributed by atoms with Gasteiger partial charge in [-0.1, -0.05) is 57.0 Å². The Kier molecular flexibility index (Phi) is 9.37. The maximum absolute atomic E-state index is 13.4. The standard InChI is InChI=1S/C28H30NO7PS/c1-33-25-13-18(35-17-27(30)31)14-26(34-2)23(25)15-29(11-12-38-37)28(32)36-16-24-21-9-5-3-7-19(21)20-8-4-6-10-22(20)24/h3-10,13-14,24H,11-12,15-17,37H2,1-2H3,(H,30,31). The summed E-state index contributed by atoms with van der Waals surface area (Å²) in [6.45, 7) is 0.332. The zero-order chi connectivity index (χ0) is 27.1. The average Bonchev–Trinajstić information content (AvgIpc) is 3.26. The molecular weight excluding hydrogens is 525 g/mol. The molecule has 1 N–H and O–H groups in total. The number of benzene rings is 3. The third-order valence-electron chi connectivity index (χ3n) is 6.37. The van der Waals surface area contributed by atoms with E-state index in [0.717, 1.165) is 11.1 Å². The van der Waals surface area contributed by atoms with Gasteiger partial charge in [0, 0.05) is 30.3 Å². The molecule has 38 heavy (non-hydrogen) atoms. The molecule has 1 atom stereocenters. The molecule has 0 radical (unpaired) electrons. The second-order valence-corrected chi connectivity index (χ2v) is 10.3. The van der Waals surface area contributed by atoms with Gasteiger partial charge in [0.2, 0.25) is 0 Å². The second kappa shape index (κ2) is 12.9. The summed E-state index contributed by atoms with van der Waals surface area (Å²) in [6.07, 6.45) is -0.443. The number of carbonyl (C=O) groups is 2. The Morgan fingerprint density at radius 2 is 1.55 bits per heavy atom. The highest BCUT2D eigenvalue weighted by Gasteiger charge is 2.30. The highest BCUT2D eigenvalue weighted by Crippen LogP contribution is 2.44. The predicted octanol–water partition coefficient (Wildman–Crippen LogP) is 5.44. The lowest BCUT2D eigenvalue weighted by atomic mass is 9.98. The fourth-order valence-corrected chi connectivity index (χ4v) is 5.26. The number of aliphatic carboxylic acids is 1. The first-order valence-electron chi connectivity index (χ1n) is 12.0. The van der Waals surface area contributed by atoms with E-state index < -0.39 is 18.7 Å². The van der Waals surface area contributed by atoms with Crippen molar-refractivity contribution in [3.8, 4) is 28.4 Å². The van der Waals surface area contributed by atoms with Crippen LogP contribution >= 0.6 is 19.8 Å². The molecule has 1 aliphatic rings. The largest absolute Gasteiger partial charge is 0.496 e. The number of amides is 1. The average molecular weight is 556 g/mol. The van der Waals surface area contributed by atoms with E-state index in [4.69, 9.17) is 24.1 Å². The Balaban J connectivity index is 1.54. The van der Waals surface area contributed by atoms with Crippen LogP contribution in [-0.4, -0.2) is 61.8 Å². The van der Waals surface area contributed by atoms with Crippen LogP contribution < -0.4 is 14.2 Å². The van der Waals surface area contributed by atoms with Crippen LogP contribution in [0.25, 0.3) is 11.1 Å². The number of hydrogen-bond donors (Lipinski definition) is 1. The summed E-state index contributed by atoms with van der Waals surface area (Å²) in [5, 5.41) is 8.93. The molecule has 3 aromatic rings. The number of hydrogen-bond acceptors (Lipinski definition) is 7. The molecule has 8 nitrogen and oxygen atoms in total. The van der Waals surface area contributed by atoms with Gasteiger partial charge in [-0.05, 0) is 22.3 Å². The number of ether oxygens (including phenoxy) is 4. The maximum Gasteiger partial charge on any atom is 0.410 e. The Hall–Kier alpha value is -3.42. The molecule has 1 aliphatic carbocycles. The van der Waals surface area contributed by atoms with Crippen molar-refractivity contribution in [2.75, 3.05) is 39.7 Å². The van der Waals surface area contributed by atoms with Gasteiger partial charge in [0.1, 0.15) is 23.9 Å². The first-order valence-corrected chi connectivity index (χ1v) is 14.4. The van der Waals surface area contributed by atoms with E-state index in [1.54, 1.807) is 28.4 Å². The molecule has 0 heterocycles. The zero-order valence-corrected chi connectivity index (χ0v) is 23.2. The monoisotopic (exact) mass is 555 g/mol. The Bertz CT molecular complexity index is 1230. The van der Waals surface area contributed by atoms with Crippen LogP contribution in [0, 0.1) is 0 Å². The maximum atomic E-state index is 13.4. The van der Waals surface area contributed by atoms with E-state index in [-0.39, 0.29) is 24.8 Å². The van der Waals surface area contributed by atoms with Crippen LogP contribution in [0.5, 0.6) is 17.2 Å². The fraction of sp³-hybridized carbons (Fsp3) is 0.286. The Labute approximate surface area is 228 Å². The van der Waals surface area contributed by atoms with Crippen molar-refractivity contribution in [3.05, 3.63) is 77.4 Å². The molecular formula is C28H30NO7PS. The molecule has 1 amide bonds. The molecule has 0 aliphatic heterocycles. The fourth-order valence-electron chi connectivity index (χ4n) is 4.62. The van der Waals surface area contributed by atoms with E-state index in [1.807, 2.05) is 24.3 Å². The van der Waals surface area contributed by atoms with E-state index in [2.05, 4.69) is 32.7 Å². The summed E-state index contributed by atoms with van der Waals surface area (Å²) in [5.41, 5.74) is 5.25. The Morgan fingerprint density at radius 1 is 0.974 bits per heavy atom. The van der Waals surface area contributed by atoms with Crippen molar-refractivity contribution in [1.82, 2.24) is 4.90 Å². The number of carboxylic acid groups (broad SMARTS) is 1. The lowest BCUT2D eigenvalue weighted by molar-refractivity contribution is -0.139. The quantitative estimate of drug-likeness (QED) is 0.295. The van der Waals surface area contributed by atoms with Gasteiger partial charge < -0.3 is 29.0 Å². The molecule has 0 saturated heterocycles. The minimum atomic E-state index is -1.09. The van der Waals surface area contributed by atoms with Crippen molar-refractivity contribution in [2.45, 2.75) is 12.5 Å². The molecule has 1 unspecified atom stereocenters. The molecule has 0 saturated carbocycles. The number of methoxy groups -OCH3 is 2. The topological polar surface area (TPSA) is 94.5 Å². The van der Waals surface area contributed by atoms with Crippen molar-refractivity contribution < 1.29 is 33.6 Å². The van der Waals surface area contributed by atoms with Gasteiger partial charge in [0.05, 0.1) is 26.3 Å². The van der Waals surface area contributed by atoms with Gasteiger partial charge in [-0.2, -0.15) is 0 Å². The third-order valence-corrected chi connectivity index (χ3v) is 7.49. The SMILES string of the molecule is COc1cc(OCC(=O)O)cc(OC)c1CN(CCSP)C(=O)OCC1c2ccccc2-c2ccccc21. The molecule has 10 heteroatoms. The molecule has 0 aromatic heterocycles. The van der Waals surface area contributed by atoms with E-state index in [9.17, 15) is 9.59 Å². The van der Waals surface area contributed by atoms with Crippen LogP contribution in [0.15, 0.2) is 60.7 Å². The van der Waals surface area contributed by atoms with E-state index in [0.29, 0.717) is 29.4 Å². The van der Waals surface area contributed by atoms with Gasteiger partial charge in [0.25, 0.3) is 0 Å². The molecule has 4 rings (SSSR count). The minimum Gasteiger partial charge on any atom is -0.496 e. The molecule has 0 fully saturated rings. The van der Waals surface area contributed by atoms with Crippen molar-refractivity contribution in [3.63, 3.8) is 0 Å². The molecule has 200 valence electrons. The highest BCUT2D eigenvalue weighted by atomic mass is 32.7. The van der Waals surface area contributed by atoms with Gasteiger partial charge >= 0.3 is 12.1 Å². The first kappa shape index (κ1) is 27.6. The highest BCUT2D eigenvalue weighted by molar-refractivity contribution is 8.43. The third kappa shape index (κ3) is 6.17. The van der Waals surface area contributed by atoms with Gasteiger partial charge in [-0.25, -0.2) is 9.59 Å². The van der Waals surface area contributed by atoms with Crippen LogP contribution in [-0.2, 0) is 16.1 Å². The second-order valence-electron chi connectivity index (χ2n) is 8.59. The van der Waals surface area contributed by atoms with Gasteiger partial charge in [0.15, 0.2) is 6.61 Å². The number of nitrogens with zero attached hydrogens (tertiary/aromatic N) is 1. The number of rotatable bonds is 12. The zero-order valence-electron chi connectivity index (χ0n) is 21.2. The number of carboxylic acids is 1. The predicted molar refractivity (Wildman–Crippen MR) is 150 cm³/mol. The van der Waals surface area contributed by atoms with Crippen LogP contribution in [0.4, 0.5) is 4.79 Å². The Morgan fingerprint density at radius 3 is 2.08 bits per heavy atom. The van der Waals surface area contributed by atoms with E-state index >= 15 is 0 Å². The van der Waals surface area contributed by atoms with Crippen LogP contribution in [0.2, 0.25) is 0 Å². The number of carbonyl (C=O) groups excluding carboxylic acids is 1. The van der Waals surface area contributed by atoms with Crippen LogP contribution in [0.3, 0.4) is 0 Å². The summed E-state index contributed by atoms with van der Waals surface area (Å²) in [4.78, 5) is 25.9. The lowest BCUT2D eigenvalue weighted by Crippen LogP contribution is -2.34. The normalized spacial score (nSPS) is 11.9. The molecule has 0 spiro atoms. The lowest BCUT2D eigenvalue weighted by Gasteiger charge is -2.25. The van der Waals surface area contributed by atoms with Gasteiger partial charge in [-0.3, -0.25) is 0 Å². The van der Waals surface area contributed by atoms with Crippen molar-refractivity contribution in [2.24, 2.45) is 0 Å². The van der Waals surface area contributed by atoms with Crippen molar-refractivity contribution >= 4 is 31.9 Å².